The fourth-order valence-electron chi connectivity index (χ4n) is 3.73. The van der Waals surface area contributed by atoms with E-state index in [-0.39, 0.29) is 17.0 Å². The molecule has 0 spiro atoms. The average molecular weight is 483 g/mol. The number of hydrogen-bond donors (Lipinski definition) is 2. The van der Waals surface area contributed by atoms with E-state index in [1.807, 2.05) is 56.0 Å². The maximum atomic E-state index is 12.7. The fourth-order valence-corrected chi connectivity index (χ4v) is 3.93. The van der Waals surface area contributed by atoms with Gasteiger partial charge in [0.1, 0.15) is 5.82 Å². The van der Waals surface area contributed by atoms with E-state index in [4.69, 9.17) is 11.6 Å². The second kappa shape index (κ2) is 10.4. The van der Waals surface area contributed by atoms with Crippen molar-refractivity contribution in [3.05, 3.63) is 76.3 Å². The first-order chi connectivity index (χ1) is 15.3. The number of hydrazine groups is 2. The summed E-state index contributed by atoms with van der Waals surface area (Å²) < 4.78 is 40.1. The van der Waals surface area contributed by atoms with Crippen LogP contribution >= 0.6 is 11.6 Å². The van der Waals surface area contributed by atoms with Crippen molar-refractivity contribution in [2.75, 3.05) is 7.05 Å². The molecule has 6 nitrogen and oxygen atoms in total. The number of aliphatic imine (C=N–C) groups is 1. The van der Waals surface area contributed by atoms with Crippen LogP contribution in [0.3, 0.4) is 0 Å². The summed E-state index contributed by atoms with van der Waals surface area (Å²) in [6, 6.07) is 0. The maximum absolute atomic E-state index is 12.7. The highest BCUT2D eigenvalue weighted by atomic mass is 35.5. The van der Waals surface area contributed by atoms with Crippen LogP contribution in [-0.2, 0) is 12.5 Å². The normalized spacial score (nSPS) is 17.8. The highest BCUT2D eigenvalue weighted by molar-refractivity contribution is 6.30. The zero-order valence-electron chi connectivity index (χ0n) is 19.5. The molecule has 10 heteroatoms. The number of nitrogens with one attached hydrogen (secondary N) is 2. The second-order valence-corrected chi connectivity index (χ2v) is 8.47. The van der Waals surface area contributed by atoms with Gasteiger partial charge in [0, 0.05) is 43.6 Å². The van der Waals surface area contributed by atoms with Crippen molar-refractivity contribution in [1.29, 1.82) is 0 Å². The monoisotopic (exact) mass is 482 g/mol. The third kappa shape index (κ3) is 5.97. The number of alkyl halides is 3. The third-order valence-electron chi connectivity index (χ3n) is 5.77. The minimum absolute atomic E-state index is 0.0428. The van der Waals surface area contributed by atoms with Crippen LogP contribution in [-0.4, -0.2) is 34.5 Å². The molecule has 1 atom stereocenters. The quantitative estimate of drug-likeness (QED) is 0.369. The van der Waals surface area contributed by atoms with E-state index in [9.17, 15) is 13.2 Å². The molecular weight excluding hydrogens is 453 g/mol. The van der Waals surface area contributed by atoms with Crippen molar-refractivity contribution < 1.29 is 13.2 Å². The number of nitrogens with zero attached hydrogens (tertiary/aromatic N) is 4. The van der Waals surface area contributed by atoms with Crippen LogP contribution in [0.4, 0.5) is 13.2 Å². The Kier molecular flexibility index (Phi) is 8.37. The van der Waals surface area contributed by atoms with Crippen molar-refractivity contribution in [3.63, 3.8) is 0 Å². The molecule has 1 aliphatic rings. The van der Waals surface area contributed by atoms with Gasteiger partial charge in [0.15, 0.2) is 0 Å². The molecule has 0 amide bonds. The van der Waals surface area contributed by atoms with Crippen LogP contribution in [0, 0.1) is 6.92 Å². The van der Waals surface area contributed by atoms with Crippen molar-refractivity contribution in [1.82, 2.24) is 25.5 Å². The molecule has 0 saturated heterocycles. The molecule has 33 heavy (non-hydrogen) atoms. The molecule has 0 aromatic carbocycles. The number of rotatable bonds is 9. The van der Waals surface area contributed by atoms with E-state index in [0.29, 0.717) is 5.70 Å². The molecule has 1 aliphatic heterocycles. The summed E-state index contributed by atoms with van der Waals surface area (Å²) in [4.78, 5) is 8.42. The van der Waals surface area contributed by atoms with Gasteiger partial charge in [-0.2, -0.15) is 13.2 Å². The lowest BCUT2D eigenvalue weighted by molar-refractivity contribution is -0.127. The summed E-state index contributed by atoms with van der Waals surface area (Å²) in [6.07, 6.45) is 3.59. The second-order valence-electron chi connectivity index (χ2n) is 8.02. The van der Waals surface area contributed by atoms with E-state index >= 15 is 0 Å². The fraction of sp³-hybridized carbons (Fsp3) is 0.391. The Morgan fingerprint density at radius 2 is 1.97 bits per heavy atom. The number of likely N-dealkylation sites (N-methyl/N-ethyl adjacent to an activating group) is 1. The highest BCUT2D eigenvalue weighted by Gasteiger charge is 2.40. The summed E-state index contributed by atoms with van der Waals surface area (Å²) >= 11 is 6.16. The molecule has 0 radical (unpaired) electrons. The van der Waals surface area contributed by atoms with Gasteiger partial charge in [0.05, 0.1) is 23.2 Å². The smallest absolute Gasteiger partial charge is 0.334 e. The van der Waals surface area contributed by atoms with Crippen LogP contribution in [0.25, 0.3) is 0 Å². The third-order valence-corrected chi connectivity index (χ3v) is 6.22. The average Bonchev–Trinajstić information content (AvgIpc) is 3.31. The molecule has 1 unspecified atom stereocenters. The Morgan fingerprint density at radius 1 is 1.30 bits per heavy atom. The lowest BCUT2D eigenvalue weighted by atomic mass is 9.75. The summed E-state index contributed by atoms with van der Waals surface area (Å²) in [7, 11) is 3.82. The van der Waals surface area contributed by atoms with Crippen molar-refractivity contribution in [3.8, 4) is 0 Å². The van der Waals surface area contributed by atoms with Crippen LogP contribution in [0.2, 0.25) is 0 Å². The number of aryl methyl sites for hydroxylation is 1. The molecule has 0 saturated carbocycles. The first kappa shape index (κ1) is 26.5. The number of imidazole rings is 1. The van der Waals surface area contributed by atoms with Gasteiger partial charge < -0.3 is 9.99 Å². The standard InChI is InChI=1S/C23H30ClF3N6/c1-8-17(9-10-18(28-5)11-19(24)15(2)12-23(25,26)27)22(4,21-14-30-31-33(21)7)20-13-29-16(3)32(20)6/h8-10,13-14,30-31H,1,5,11-12H2,2-4,6-7H3/b17-9+,18-10+,19-15-. The van der Waals surface area contributed by atoms with E-state index in [2.05, 4.69) is 34.2 Å². The first-order valence-corrected chi connectivity index (χ1v) is 10.6. The SMILES string of the molecule is C=C/C(=C\C=C(/C/C(Cl)=C(\C)CC(F)(F)F)N=C)C(C)(C1=CNNN1C)c1cnc(C)n1C. The van der Waals surface area contributed by atoms with E-state index < -0.39 is 18.0 Å². The largest absolute Gasteiger partial charge is 0.392 e. The molecule has 2 N–H and O–H groups in total. The molecule has 0 aliphatic carbocycles. The van der Waals surface area contributed by atoms with E-state index in [1.54, 1.807) is 12.2 Å². The van der Waals surface area contributed by atoms with Gasteiger partial charge in [-0.3, -0.25) is 10.0 Å². The minimum atomic E-state index is -4.32. The molecule has 180 valence electrons. The predicted octanol–water partition coefficient (Wildman–Crippen LogP) is 5.33. The molecule has 2 heterocycles. The lowest BCUT2D eigenvalue weighted by Gasteiger charge is -2.35. The Balaban J connectivity index is 2.52. The van der Waals surface area contributed by atoms with Gasteiger partial charge in [0.2, 0.25) is 0 Å². The van der Waals surface area contributed by atoms with Gasteiger partial charge in [-0.15, -0.1) is 5.53 Å². The Hall–Kier alpha value is -2.78. The van der Waals surface area contributed by atoms with Crippen molar-refractivity contribution >= 4 is 18.3 Å². The zero-order chi connectivity index (χ0) is 25.0. The van der Waals surface area contributed by atoms with Gasteiger partial charge in [0.25, 0.3) is 0 Å². The zero-order valence-corrected chi connectivity index (χ0v) is 20.3. The number of allylic oxidation sites excluding steroid dienone is 6. The number of hydrogen-bond acceptors (Lipinski definition) is 5. The van der Waals surface area contributed by atoms with Crippen molar-refractivity contribution in [2.45, 2.75) is 45.2 Å². The van der Waals surface area contributed by atoms with Gasteiger partial charge in [-0.1, -0.05) is 30.3 Å². The van der Waals surface area contributed by atoms with Gasteiger partial charge >= 0.3 is 6.18 Å². The van der Waals surface area contributed by atoms with Crippen LogP contribution in [0.5, 0.6) is 0 Å². The van der Waals surface area contributed by atoms with Gasteiger partial charge in [-0.05, 0) is 44.7 Å². The van der Waals surface area contributed by atoms with Crippen LogP contribution in [0.15, 0.2) is 69.8 Å². The summed E-state index contributed by atoms with van der Waals surface area (Å²) in [5.74, 6) is 0.850. The molecular formula is C23H30ClF3N6. The number of aromatic nitrogens is 2. The predicted molar refractivity (Wildman–Crippen MR) is 127 cm³/mol. The Labute approximate surface area is 197 Å². The topological polar surface area (TPSA) is 57.5 Å². The molecule has 0 fully saturated rings. The van der Waals surface area contributed by atoms with E-state index in [0.717, 1.165) is 22.8 Å². The molecule has 0 bridgehead atoms. The van der Waals surface area contributed by atoms with Crippen LogP contribution in [0.1, 0.15) is 38.2 Å². The lowest BCUT2D eigenvalue weighted by Crippen LogP contribution is -2.41. The minimum Gasteiger partial charge on any atom is -0.334 e. The Morgan fingerprint density at radius 3 is 2.42 bits per heavy atom. The maximum Gasteiger partial charge on any atom is 0.392 e. The van der Waals surface area contributed by atoms with Crippen LogP contribution < -0.4 is 11.0 Å². The van der Waals surface area contributed by atoms with Gasteiger partial charge in [-0.25, -0.2) is 4.98 Å². The molecule has 1 aromatic rings. The summed E-state index contributed by atoms with van der Waals surface area (Å²) in [6.45, 7) is 12.9. The highest BCUT2D eigenvalue weighted by Crippen LogP contribution is 2.41. The number of halogens is 4. The Bertz CT molecular complexity index is 1030. The molecule has 1 aromatic heterocycles. The summed E-state index contributed by atoms with van der Waals surface area (Å²) in [5.41, 5.74) is 8.51. The van der Waals surface area contributed by atoms with E-state index in [1.165, 1.54) is 6.92 Å². The van der Waals surface area contributed by atoms with Crippen molar-refractivity contribution in [2.24, 2.45) is 12.0 Å². The molecule has 2 rings (SSSR count). The first-order valence-electron chi connectivity index (χ1n) is 10.2. The summed E-state index contributed by atoms with van der Waals surface area (Å²) in [5, 5.41) is 1.95.